The molecule has 1 aromatic rings. The Hall–Kier alpha value is -1.22. The summed E-state index contributed by atoms with van der Waals surface area (Å²) in [6.45, 7) is 5.11. The maximum atomic E-state index is 11.9. The Bertz CT molecular complexity index is 349. The summed E-state index contributed by atoms with van der Waals surface area (Å²) in [6.07, 6.45) is 6.60. The first kappa shape index (κ1) is 14.8. The molecule has 0 amide bonds. The van der Waals surface area contributed by atoms with E-state index in [1.807, 2.05) is 12.1 Å². The monoisotopic (exact) mass is 248 g/mol. The van der Waals surface area contributed by atoms with E-state index in [9.17, 15) is 4.79 Å². The number of hydrogen-bond acceptors (Lipinski definition) is 3. The number of rotatable bonds is 8. The van der Waals surface area contributed by atoms with Gasteiger partial charge in [0.15, 0.2) is 0 Å². The fraction of sp³-hybridized carbons (Fsp3) is 0.600. The third-order valence-corrected chi connectivity index (χ3v) is 3.40. The number of pyridine rings is 1. The molecule has 1 heterocycles. The summed E-state index contributed by atoms with van der Waals surface area (Å²) in [6, 6.07) is 3.82. The van der Waals surface area contributed by atoms with Crippen molar-refractivity contribution in [2.45, 2.75) is 39.5 Å². The fourth-order valence-corrected chi connectivity index (χ4v) is 2.19. The average molecular weight is 248 g/mol. The lowest BCUT2D eigenvalue weighted by molar-refractivity contribution is -0.118. The minimum atomic E-state index is 0.297. The zero-order valence-electron chi connectivity index (χ0n) is 11.4. The highest BCUT2D eigenvalue weighted by atomic mass is 16.1. The number of nitrogens with two attached hydrogens (primary N) is 1. The van der Waals surface area contributed by atoms with Crippen LogP contribution in [0.25, 0.3) is 0 Å². The number of aromatic nitrogens is 1. The second kappa shape index (κ2) is 7.98. The number of carbonyl (C=O) groups excluding carboxylic acids is 1. The molecule has 18 heavy (non-hydrogen) atoms. The minimum Gasteiger partial charge on any atom is -0.330 e. The van der Waals surface area contributed by atoms with Crippen LogP contribution in [0, 0.1) is 11.8 Å². The van der Waals surface area contributed by atoms with Crippen LogP contribution in [-0.2, 0) is 11.2 Å². The van der Waals surface area contributed by atoms with Crippen molar-refractivity contribution < 1.29 is 4.79 Å². The summed E-state index contributed by atoms with van der Waals surface area (Å²) in [5.41, 5.74) is 6.61. The van der Waals surface area contributed by atoms with Crippen molar-refractivity contribution in [2.75, 3.05) is 6.54 Å². The van der Waals surface area contributed by atoms with Crippen molar-refractivity contribution >= 4 is 5.78 Å². The van der Waals surface area contributed by atoms with Crippen LogP contribution in [0.2, 0.25) is 0 Å². The lowest BCUT2D eigenvalue weighted by Gasteiger charge is -2.19. The third kappa shape index (κ3) is 5.41. The van der Waals surface area contributed by atoms with E-state index in [4.69, 9.17) is 5.73 Å². The van der Waals surface area contributed by atoms with Gasteiger partial charge in [0.05, 0.1) is 0 Å². The number of hydrogen-bond donors (Lipinski definition) is 1. The highest BCUT2D eigenvalue weighted by Crippen LogP contribution is 2.20. The van der Waals surface area contributed by atoms with E-state index in [-0.39, 0.29) is 0 Å². The predicted molar refractivity (Wildman–Crippen MR) is 74.2 cm³/mol. The molecule has 1 unspecified atom stereocenters. The molecule has 0 saturated carbocycles. The van der Waals surface area contributed by atoms with Gasteiger partial charge >= 0.3 is 0 Å². The van der Waals surface area contributed by atoms with Crippen LogP contribution in [0.15, 0.2) is 24.5 Å². The molecule has 1 rings (SSSR count). The van der Waals surface area contributed by atoms with Crippen LogP contribution in [0.3, 0.4) is 0 Å². The van der Waals surface area contributed by atoms with Gasteiger partial charge in [0.25, 0.3) is 0 Å². The van der Waals surface area contributed by atoms with Crippen LogP contribution in [0.1, 0.15) is 38.7 Å². The first-order valence-electron chi connectivity index (χ1n) is 6.74. The Morgan fingerprint density at radius 2 is 2.17 bits per heavy atom. The SMILES string of the molecule is CC(C)C(CCN)CCC(=O)Cc1cccnc1. The third-order valence-electron chi connectivity index (χ3n) is 3.40. The van der Waals surface area contributed by atoms with Gasteiger partial charge in [-0.3, -0.25) is 9.78 Å². The zero-order chi connectivity index (χ0) is 13.4. The van der Waals surface area contributed by atoms with Crippen molar-refractivity contribution in [3.63, 3.8) is 0 Å². The second-order valence-corrected chi connectivity index (χ2v) is 5.20. The van der Waals surface area contributed by atoms with Gasteiger partial charge in [-0.15, -0.1) is 0 Å². The fourth-order valence-electron chi connectivity index (χ4n) is 2.19. The van der Waals surface area contributed by atoms with E-state index in [1.54, 1.807) is 12.4 Å². The van der Waals surface area contributed by atoms with Crippen LogP contribution in [-0.4, -0.2) is 17.3 Å². The second-order valence-electron chi connectivity index (χ2n) is 5.20. The summed E-state index contributed by atoms with van der Waals surface area (Å²) in [7, 11) is 0. The highest BCUT2D eigenvalue weighted by molar-refractivity contribution is 5.80. The molecule has 3 nitrogen and oxygen atoms in total. The van der Waals surface area contributed by atoms with Crippen LogP contribution < -0.4 is 5.73 Å². The zero-order valence-corrected chi connectivity index (χ0v) is 11.4. The van der Waals surface area contributed by atoms with Gasteiger partial charge in [0.1, 0.15) is 5.78 Å². The number of carbonyl (C=O) groups is 1. The average Bonchev–Trinajstić information content (AvgIpc) is 2.35. The van der Waals surface area contributed by atoms with Crippen LogP contribution in [0.4, 0.5) is 0 Å². The van der Waals surface area contributed by atoms with E-state index >= 15 is 0 Å². The largest absolute Gasteiger partial charge is 0.330 e. The molecule has 0 saturated heterocycles. The molecule has 0 aliphatic heterocycles. The summed E-state index contributed by atoms with van der Waals surface area (Å²) in [5.74, 6) is 1.46. The maximum Gasteiger partial charge on any atom is 0.137 e. The van der Waals surface area contributed by atoms with Crippen molar-refractivity contribution in [1.29, 1.82) is 0 Å². The maximum absolute atomic E-state index is 11.9. The van der Waals surface area contributed by atoms with Gasteiger partial charge < -0.3 is 5.73 Å². The molecule has 0 aliphatic rings. The Kier molecular flexibility index (Phi) is 6.58. The molecule has 100 valence electrons. The van der Waals surface area contributed by atoms with Crippen molar-refractivity contribution in [2.24, 2.45) is 17.6 Å². The van der Waals surface area contributed by atoms with Crippen molar-refractivity contribution in [1.82, 2.24) is 4.98 Å². The molecule has 0 spiro atoms. The smallest absolute Gasteiger partial charge is 0.137 e. The Balaban J connectivity index is 2.36. The van der Waals surface area contributed by atoms with Gasteiger partial charge in [-0.25, -0.2) is 0 Å². The predicted octanol–water partition coefficient (Wildman–Crippen LogP) is 2.59. The van der Waals surface area contributed by atoms with Gasteiger partial charge in [-0.05, 0) is 42.9 Å². The summed E-state index contributed by atoms with van der Waals surface area (Å²) < 4.78 is 0. The van der Waals surface area contributed by atoms with E-state index in [1.165, 1.54) is 0 Å². The molecular weight excluding hydrogens is 224 g/mol. The molecule has 1 atom stereocenters. The topological polar surface area (TPSA) is 56.0 Å². The number of ketones is 1. The van der Waals surface area contributed by atoms with Crippen molar-refractivity contribution in [3.05, 3.63) is 30.1 Å². The quantitative estimate of drug-likeness (QED) is 0.769. The molecule has 2 N–H and O–H groups in total. The molecule has 0 fully saturated rings. The number of Topliss-reactive ketones (excluding diaryl/α,β-unsaturated/α-hetero) is 1. The first-order valence-corrected chi connectivity index (χ1v) is 6.74. The minimum absolute atomic E-state index is 0.297. The van der Waals surface area contributed by atoms with E-state index in [0.29, 0.717) is 37.0 Å². The van der Waals surface area contributed by atoms with Gasteiger partial charge in [-0.2, -0.15) is 0 Å². The normalized spacial score (nSPS) is 12.7. The standard InChI is InChI=1S/C15H24N2O/c1-12(2)14(7-8-16)5-6-15(18)10-13-4-3-9-17-11-13/h3-4,9,11-12,14H,5-8,10,16H2,1-2H3. The summed E-state index contributed by atoms with van der Waals surface area (Å²) >= 11 is 0. The van der Waals surface area contributed by atoms with E-state index in [2.05, 4.69) is 18.8 Å². The molecule has 0 radical (unpaired) electrons. The molecule has 0 aliphatic carbocycles. The lowest BCUT2D eigenvalue weighted by Crippen LogP contribution is -2.16. The van der Waals surface area contributed by atoms with E-state index in [0.717, 1.165) is 18.4 Å². The van der Waals surface area contributed by atoms with Gasteiger partial charge in [0, 0.05) is 25.2 Å². The Labute approximate surface area is 110 Å². The van der Waals surface area contributed by atoms with E-state index < -0.39 is 0 Å². The highest BCUT2D eigenvalue weighted by Gasteiger charge is 2.14. The lowest BCUT2D eigenvalue weighted by atomic mass is 9.87. The van der Waals surface area contributed by atoms with Gasteiger partial charge in [0.2, 0.25) is 0 Å². The van der Waals surface area contributed by atoms with Crippen LogP contribution in [0.5, 0.6) is 0 Å². The molecule has 0 bridgehead atoms. The molecule has 3 heteroatoms. The molecule has 0 aromatic carbocycles. The molecule has 1 aromatic heterocycles. The Morgan fingerprint density at radius 1 is 1.39 bits per heavy atom. The Morgan fingerprint density at radius 3 is 2.72 bits per heavy atom. The van der Waals surface area contributed by atoms with Crippen LogP contribution >= 0.6 is 0 Å². The molecular formula is C15H24N2O. The number of nitrogens with zero attached hydrogens (tertiary/aromatic N) is 1. The first-order chi connectivity index (χ1) is 8.63. The van der Waals surface area contributed by atoms with Gasteiger partial charge in [-0.1, -0.05) is 19.9 Å². The summed E-state index contributed by atoms with van der Waals surface area (Å²) in [5, 5.41) is 0. The summed E-state index contributed by atoms with van der Waals surface area (Å²) in [4.78, 5) is 15.9. The van der Waals surface area contributed by atoms with Crippen molar-refractivity contribution in [3.8, 4) is 0 Å².